The highest BCUT2D eigenvalue weighted by Gasteiger charge is 2.27. The molecule has 2 aliphatic rings. The Hall–Kier alpha value is -2.39. The fourth-order valence-corrected chi connectivity index (χ4v) is 5.17. The number of nitrogens with zero attached hydrogens (tertiary/aromatic N) is 3. The Morgan fingerprint density at radius 2 is 2.07 bits per heavy atom. The molecule has 0 bridgehead atoms. The molecule has 0 spiro atoms. The third kappa shape index (κ3) is 4.09. The van der Waals surface area contributed by atoms with Crippen LogP contribution in [0, 0.1) is 0 Å². The number of carbonyl (C=O) groups excluding carboxylic acids is 2. The summed E-state index contributed by atoms with van der Waals surface area (Å²) in [5.74, 6) is -0.154. The molecule has 2 aromatic heterocycles. The number of aromatic nitrogens is 1. The van der Waals surface area contributed by atoms with Gasteiger partial charge < -0.3 is 20.7 Å². The van der Waals surface area contributed by atoms with E-state index in [9.17, 15) is 9.59 Å². The molecule has 8 nitrogen and oxygen atoms in total. The topological polar surface area (TPSA) is 101 Å². The summed E-state index contributed by atoms with van der Waals surface area (Å²) in [6, 6.07) is 2.13. The normalized spacial score (nSPS) is 17.7. The molecule has 0 aliphatic carbocycles. The first-order valence-corrected chi connectivity index (χ1v) is 11.5. The summed E-state index contributed by atoms with van der Waals surface area (Å²) < 4.78 is 5.05. The molecule has 1 saturated heterocycles. The highest BCUT2D eigenvalue weighted by atomic mass is 32.1. The van der Waals surface area contributed by atoms with Gasteiger partial charge in [0.25, 0.3) is 5.91 Å². The Balaban J connectivity index is 1.45. The van der Waals surface area contributed by atoms with Crippen molar-refractivity contribution >= 4 is 39.2 Å². The molecule has 0 unspecified atom stereocenters. The van der Waals surface area contributed by atoms with E-state index in [1.807, 2.05) is 0 Å². The number of hydrogen-bond donors (Lipinski definition) is 2. The zero-order valence-electron chi connectivity index (χ0n) is 17.6. The number of pyridine rings is 1. The Morgan fingerprint density at radius 3 is 2.77 bits per heavy atom. The van der Waals surface area contributed by atoms with Gasteiger partial charge in [-0.15, -0.1) is 11.3 Å². The van der Waals surface area contributed by atoms with Crippen molar-refractivity contribution in [3.63, 3.8) is 0 Å². The summed E-state index contributed by atoms with van der Waals surface area (Å²) in [6.07, 6.45) is 2.05. The number of piperidine rings is 1. The third-order valence-electron chi connectivity index (χ3n) is 5.96. The molecule has 4 rings (SSSR count). The molecule has 3 N–H and O–H groups in total. The SMILES string of the molecule is CCOC(=O)N1CCC(NC(=O)c2sc3nc4c(cc3c2N)CN(CC)CC4)CC1. The van der Waals surface area contributed by atoms with Crippen LogP contribution in [0.3, 0.4) is 0 Å². The van der Waals surface area contributed by atoms with E-state index in [1.165, 1.54) is 16.9 Å². The van der Waals surface area contributed by atoms with Crippen molar-refractivity contribution in [3.8, 4) is 0 Å². The second-order valence-electron chi connectivity index (χ2n) is 7.84. The highest BCUT2D eigenvalue weighted by molar-refractivity contribution is 7.21. The molecule has 162 valence electrons. The number of likely N-dealkylation sites (N-methyl/N-ethyl adjacent to an activating group) is 1. The summed E-state index contributed by atoms with van der Waals surface area (Å²) in [5, 5.41) is 3.96. The van der Waals surface area contributed by atoms with Gasteiger partial charge in [0.2, 0.25) is 0 Å². The number of anilines is 1. The molecule has 2 amide bonds. The van der Waals surface area contributed by atoms with Crippen LogP contribution in [0.1, 0.15) is 47.6 Å². The number of hydrogen-bond acceptors (Lipinski definition) is 7. The van der Waals surface area contributed by atoms with E-state index < -0.39 is 0 Å². The third-order valence-corrected chi connectivity index (χ3v) is 7.07. The maximum Gasteiger partial charge on any atom is 0.409 e. The van der Waals surface area contributed by atoms with Crippen molar-refractivity contribution in [3.05, 3.63) is 22.2 Å². The monoisotopic (exact) mass is 431 g/mol. The minimum atomic E-state index is -0.285. The number of rotatable bonds is 4. The first-order valence-electron chi connectivity index (χ1n) is 10.7. The van der Waals surface area contributed by atoms with Gasteiger partial charge >= 0.3 is 6.09 Å². The van der Waals surface area contributed by atoms with Crippen LogP contribution in [-0.4, -0.2) is 65.6 Å². The number of thiophene rings is 1. The summed E-state index contributed by atoms with van der Waals surface area (Å²) in [7, 11) is 0. The van der Waals surface area contributed by atoms with Gasteiger partial charge in [-0.25, -0.2) is 9.78 Å². The molecule has 1 fully saturated rings. The first kappa shape index (κ1) is 20.9. The van der Waals surface area contributed by atoms with Gasteiger partial charge in [0.1, 0.15) is 9.71 Å². The van der Waals surface area contributed by atoms with Crippen LogP contribution in [0.4, 0.5) is 10.5 Å². The molecule has 0 saturated carbocycles. The van der Waals surface area contributed by atoms with Crippen LogP contribution in [0.2, 0.25) is 0 Å². The lowest BCUT2D eigenvalue weighted by molar-refractivity contribution is 0.0863. The number of nitrogens with one attached hydrogen (secondary N) is 1. The quantitative estimate of drug-likeness (QED) is 0.772. The van der Waals surface area contributed by atoms with Gasteiger partial charge in [-0.05, 0) is 37.9 Å². The van der Waals surface area contributed by atoms with Crippen LogP contribution >= 0.6 is 11.3 Å². The lowest BCUT2D eigenvalue weighted by Gasteiger charge is -2.31. The summed E-state index contributed by atoms with van der Waals surface area (Å²) in [6.45, 7) is 8.39. The van der Waals surface area contributed by atoms with E-state index in [4.69, 9.17) is 15.5 Å². The minimum Gasteiger partial charge on any atom is -0.450 e. The number of likely N-dealkylation sites (tertiary alicyclic amines) is 1. The maximum absolute atomic E-state index is 12.9. The second kappa shape index (κ2) is 8.77. The molecular weight excluding hydrogens is 402 g/mol. The predicted octanol–water partition coefficient (Wildman–Crippen LogP) is 2.61. The minimum absolute atomic E-state index is 0.0204. The standard InChI is InChI=1S/C21H29N5O3S/c1-3-25-8-7-16-13(12-25)11-15-17(22)18(30-20(15)24-16)19(27)23-14-5-9-26(10-6-14)21(28)29-4-2/h11,14H,3-10,12,22H2,1-2H3,(H,23,27). The molecule has 0 aromatic carbocycles. The van der Waals surface area contributed by atoms with E-state index in [0.29, 0.717) is 43.1 Å². The van der Waals surface area contributed by atoms with Crippen LogP contribution in [0.15, 0.2) is 6.07 Å². The number of fused-ring (bicyclic) bond motifs is 2. The van der Waals surface area contributed by atoms with Crippen LogP contribution in [-0.2, 0) is 17.7 Å². The Kier molecular flexibility index (Phi) is 6.10. The van der Waals surface area contributed by atoms with Crippen molar-refractivity contribution in [1.82, 2.24) is 20.1 Å². The molecule has 2 aliphatic heterocycles. The van der Waals surface area contributed by atoms with E-state index in [-0.39, 0.29) is 18.0 Å². The van der Waals surface area contributed by atoms with Gasteiger partial charge in [0.15, 0.2) is 0 Å². The maximum atomic E-state index is 12.9. The van der Waals surface area contributed by atoms with Crippen LogP contribution < -0.4 is 11.1 Å². The van der Waals surface area contributed by atoms with Gasteiger partial charge in [-0.2, -0.15) is 0 Å². The summed E-state index contributed by atoms with van der Waals surface area (Å²) in [4.78, 5) is 35.0. The fraction of sp³-hybridized carbons (Fsp3) is 0.571. The largest absolute Gasteiger partial charge is 0.450 e. The van der Waals surface area contributed by atoms with Crippen molar-refractivity contribution in [1.29, 1.82) is 0 Å². The Bertz CT molecular complexity index is 952. The predicted molar refractivity (Wildman–Crippen MR) is 118 cm³/mol. The van der Waals surface area contributed by atoms with Crippen molar-refractivity contribution < 1.29 is 14.3 Å². The molecule has 4 heterocycles. The number of ether oxygens (including phenoxy) is 1. The zero-order chi connectivity index (χ0) is 21.3. The zero-order valence-corrected chi connectivity index (χ0v) is 18.4. The summed E-state index contributed by atoms with van der Waals surface area (Å²) in [5.41, 5.74) is 9.21. The summed E-state index contributed by atoms with van der Waals surface area (Å²) >= 11 is 1.37. The number of nitrogens with two attached hydrogens (primary N) is 1. The Morgan fingerprint density at radius 1 is 1.30 bits per heavy atom. The van der Waals surface area contributed by atoms with Gasteiger partial charge in [-0.1, -0.05) is 6.92 Å². The molecule has 0 atom stereocenters. The lowest BCUT2D eigenvalue weighted by atomic mass is 10.0. The van der Waals surface area contributed by atoms with E-state index in [0.717, 1.165) is 42.0 Å². The van der Waals surface area contributed by atoms with Gasteiger partial charge in [0, 0.05) is 49.7 Å². The smallest absolute Gasteiger partial charge is 0.409 e. The number of carbonyl (C=O) groups is 2. The molecule has 0 radical (unpaired) electrons. The number of amides is 2. The molecule has 9 heteroatoms. The van der Waals surface area contributed by atoms with Crippen molar-refractivity contribution in [2.45, 2.75) is 45.7 Å². The molecule has 2 aromatic rings. The van der Waals surface area contributed by atoms with Crippen molar-refractivity contribution in [2.24, 2.45) is 0 Å². The highest BCUT2D eigenvalue weighted by Crippen LogP contribution is 2.35. The van der Waals surface area contributed by atoms with Crippen molar-refractivity contribution in [2.75, 3.05) is 38.5 Å². The molecule has 30 heavy (non-hydrogen) atoms. The second-order valence-corrected chi connectivity index (χ2v) is 8.84. The van der Waals surface area contributed by atoms with E-state index >= 15 is 0 Å². The fourth-order valence-electron chi connectivity index (χ4n) is 4.17. The molecular formula is C21H29N5O3S. The lowest BCUT2D eigenvalue weighted by Crippen LogP contribution is -2.46. The van der Waals surface area contributed by atoms with E-state index in [2.05, 4.69) is 23.2 Å². The van der Waals surface area contributed by atoms with Gasteiger partial charge in [0.05, 0.1) is 12.3 Å². The Labute approximate surface area is 180 Å². The van der Waals surface area contributed by atoms with E-state index in [1.54, 1.807) is 11.8 Å². The average Bonchev–Trinajstić information content (AvgIpc) is 3.08. The average molecular weight is 432 g/mol. The van der Waals surface area contributed by atoms with Crippen LogP contribution in [0.25, 0.3) is 10.2 Å². The first-order chi connectivity index (χ1) is 14.5. The van der Waals surface area contributed by atoms with Crippen LogP contribution in [0.5, 0.6) is 0 Å². The number of nitrogen functional groups attached to an aromatic ring is 1. The van der Waals surface area contributed by atoms with Gasteiger partial charge in [-0.3, -0.25) is 9.69 Å².